The van der Waals surface area contributed by atoms with Crippen molar-refractivity contribution >= 4 is 63.8 Å². The third kappa shape index (κ3) is 3.79. The lowest BCUT2D eigenvalue weighted by Gasteiger charge is -2.07. The molecule has 3 rings (SSSR count). The van der Waals surface area contributed by atoms with E-state index in [1.165, 1.54) is 10.8 Å². The van der Waals surface area contributed by atoms with Gasteiger partial charge in [0, 0.05) is 26.3 Å². The van der Waals surface area contributed by atoms with Crippen LogP contribution in [0.15, 0.2) is 45.3 Å². The largest absolute Gasteiger partial charge is 0.340 e. The second-order valence-electron chi connectivity index (χ2n) is 5.47. The third-order valence-electron chi connectivity index (χ3n) is 3.83. The minimum atomic E-state index is -3.89. The molecule has 0 amide bonds. The van der Waals surface area contributed by atoms with Crippen molar-refractivity contribution in [3.63, 3.8) is 0 Å². The fourth-order valence-electron chi connectivity index (χ4n) is 2.84. The van der Waals surface area contributed by atoms with Gasteiger partial charge in [0.25, 0.3) is 10.1 Å². The summed E-state index contributed by atoms with van der Waals surface area (Å²) < 4.78 is 34.7. The zero-order valence-electron chi connectivity index (χ0n) is 12.2. The number of benzene rings is 2. The number of hydrogen-bond donors (Lipinski definition) is 1. The maximum atomic E-state index is 10.8. The summed E-state index contributed by atoms with van der Waals surface area (Å²) in [4.78, 5) is 0. The second-order valence-corrected chi connectivity index (χ2v) is 8.87. The highest BCUT2D eigenvalue weighted by Crippen LogP contribution is 2.33. The predicted molar refractivity (Wildman–Crippen MR) is 100 cm³/mol. The van der Waals surface area contributed by atoms with E-state index >= 15 is 0 Å². The fourth-order valence-corrected chi connectivity index (χ4v) is 4.10. The van der Waals surface area contributed by atoms with Crippen LogP contribution in [0.25, 0.3) is 21.8 Å². The summed E-state index contributed by atoms with van der Waals surface area (Å²) in [5, 5.41) is 2.34. The van der Waals surface area contributed by atoms with E-state index in [1.807, 2.05) is 12.1 Å². The first kappa shape index (κ1) is 17.0. The van der Waals surface area contributed by atoms with E-state index in [4.69, 9.17) is 4.55 Å². The van der Waals surface area contributed by atoms with Crippen LogP contribution in [0, 0.1) is 0 Å². The molecule has 0 atom stereocenters. The summed E-state index contributed by atoms with van der Waals surface area (Å²) >= 11 is 7.02. The Morgan fingerprint density at radius 1 is 0.913 bits per heavy atom. The van der Waals surface area contributed by atoms with Gasteiger partial charge in [0.15, 0.2) is 0 Å². The number of nitrogens with zero attached hydrogens (tertiary/aromatic N) is 1. The summed E-state index contributed by atoms with van der Waals surface area (Å²) in [7, 11) is -3.89. The second kappa shape index (κ2) is 6.55. The van der Waals surface area contributed by atoms with Crippen molar-refractivity contribution in [3.05, 3.63) is 45.3 Å². The molecule has 0 aliphatic rings. The monoisotopic (exact) mass is 459 g/mol. The molecular weight excluding hydrogens is 446 g/mol. The van der Waals surface area contributed by atoms with Gasteiger partial charge < -0.3 is 4.57 Å². The van der Waals surface area contributed by atoms with Crippen LogP contribution in [-0.2, 0) is 16.7 Å². The van der Waals surface area contributed by atoms with E-state index in [0.717, 1.165) is 20.0 Å². The van der Waals surface area contributed by atoms with Crippen molar-refractivity contribution in [2.24, 2.45) is 0 Å². The standard InChI is InChI=1S/C16H15Br2NO3S/c17-11-3-5-13-14-6-4-12(18)10-16(14)19(15(13)9-11)7-1-2-8-23(20,21)22/h3-6,9-10H,1-2,7-8H2,(H,20,21,22). The molecule has 0 bridgehead atoms. The van der Waals surface area contributed by atoms with Gasteiger partial charge >= 0.3 is 0 Å². The minimum Gasteiger partial charge on any atom is -0.340 e. The van der Waals surface area contributed by atoms with Crippen molar-refractivity contribution in [3.8, 4) is 0 Å². The molecule has 1 aromatic heterocycles. The van der Waals surface area contributed by atoms with Gasteiger partial charge in [0.05, 0.1) is 16.8 Å². The van der Waals surface area contributed by atoms with Crippen LogP contribution >= 0.6 is 31.9 Å². The molecule has 0 unspecified atom stereocenters. The van der Waals surface area contributed by atoms with Crippen LogP contribution in [0.4, 0.5) is 0 Å². The number of aryl methyl sites for hydroxylation is 1. The number of halogens is 2. The van der Waals surface area contributed by atoms with Crippen LogP contribution in [0.1, 0.15) is 12.8 Å². The number of aromatic nitrogens is 1. The Kier molecular flexibility index (Phi) is 4.83. The number of unbranched alkanes of at least 4 members (excludes halogenated alkanes) is 1. The van der Waals surface area contributed by atoms with Gasteiger partial charge in [-0.2, -0.15) is 8.42 Å². The Balaban J connectivity index is 2.01. The first-order valence-electron chi connectivity index (χ1n) is 7.17. The van der Waals surface area contributed by atoms with E-state index in [9.17, 15) is 8.42 Å². The van der Waals surface area contributed by atoms with Crippen LogP contribution in [0.2, 0.25) is 0 Å². The van der Waals surface area contributed by atoms with Gasteiger partial charge in [-0.05, 0) is 37.1 Å². The highest BCUT2D eigenvalue weighted by Gasteiger charge is 2.12. The Hall–Kier alpha value is -0.890. The highest BCUT2D eigenvalue weighted by molar-refractivity contribution is 9.10. The molecule has 122 valence electrons. The van der Waals surface area contributed by atoms with E-state index in [1.54, 1.807) is 0 Å². The smallest absolute Gasteiger partial charge is 0.264 e. The SMILES string of the molecule is O=S(=O)(O)CCCCn1c2cc(Br)ccc2c2ccc(Br)cc21. The summed E-state index contributed by atoms with van der Waals surface area (Å²) in [6, 6.07) is 12.4. The fraction of sp³-hybridized carbons (Fsp3) is 0.250. The maximum Gasteiger partial charge on any atom is 0.264 e. The molecule has 1 heterocycles. The Morgan fingerprint density at radius 2 is 1.43 bits per heavy atom. The normalized spacial score (nSPS) is 12.3. The van der Waals surface area contributed by atoms with Crippen LogP contribution < -0.4 is 0 Å². The third-order valence-corrected chi connectivity index (χ3v) is 5.62. The summed E-state index contributed by atoms with van der Waals surface area (Å²) in [5.74, 6) is -0.197. The quantitative estimate of drug-likeness (QED) is 0.431. The lowest BCUT2D eigenvalue weighted by atomic mass is 10.2. The lowest BCUT2D eigenvalue weighted by molar-refractivity contribution is 0.479. The highest BCUT2D eigenvalue weighted by atomic mass is 79.9. The first-order chi connectivity index (χ1) is 10.8. The van der Waals surface area contributed by atoms with Crippen LogP contribution in [-0.4, -0.2) is 23.3 Å². The molecule has 2 aromatic carbocycles. The van der Waals surface area contributed by atoms with Crippen LogP contribution in [0.5, 0.6) is 0 Å². The molecule has 0 aliphatic carbocycles. The summed E-state index contributed by atoms with van der Waals surface area (Å²) in [6.07, 6.45) is 1.11. The first-order valence-corrected chi connectivity index (χ1v) is 10.4. The molecule has 0 aliphatic heterocycles. The molecule has 1 N–H and O–H groups in total. The van der Waals surface area contributed by atoms with Gasteiger partial charge in [-0.15, -0.1) is 0 Å². The average molecular weight is 461 g/mol. The predicted octanol–water partition coefficient (Wildman–Crippen LogP) is 4.99. The molecule has 0 spiro atoms. The zero-order valence-corrected chi connectivity index (χ0v) is 16.2. The van der Waals surface area contributed by atoms with Crippen molar-refractivity contribution in [1.82, 2.24) is 4.57 Å². The van der Waals surface area contributed by atoms with Crippen molar-refractivity contribution in [2.45, 2.75) is 19.4 Å². The van der Waals surface area contributed by atoms with E-state index in [-0.39, 0.29) is 5.75 Å². The Morgan fingerprint density at radius 3 is 1.91 bits per heavy atom. The molecule has 0 radical (unpaired) electrons. The number of hydrogen-bond acceptors (Lipinski definition) is 2. The molecule has 0 saturated carbocycles. The van der Waals surface area contributed by atoms with Crippen molar-refractivity contribution in [2.75, 3.05) is 5.75 Å². The average Bonchev–Trinajstić information content (AvgIpc) is 2.75. The molecule has 3 aromatic rings. The number of fused-ring (bicyclic) bond motifs is 3. The molecule has 0 saturated heterocycles. The molecule has 7 heteroatoms. The van der Waals surface area contributed by atoms with Crippen molar-refractivity contribution < 1.29 is 13.0 Å². The number of rotatable bonds is 5. The van der Waals surface area contributed by atoms with Gasteiger partial charge in [0.2, 0.25) is 0 Å². The van der Waals surface area contributed by atoms with E-state index < -0.39 is 10.1 Å². The summed E-state index contributed by atoms with van der Waals surface area (Å²) in [6.45, 7) is 0.697. The van der Waals surface area contributed by atoms with Gasteiger partial charge in [-0.25, -0.2) is 0 Å². The Labute approximate surface area is 151 Å². The van der Waals surface area contributed by atoms with E-state index in [2.05, 4.69) is 60.7 Å². The van der Waals surface area contributed by atoms with Gasteiger partial charge in [-0.1, -0.05) is 44.0 Å². The van der Waals surface area contributed by atoms with Crippen molar-refractivity contribution in [1.29, 1.82) is 0 Å². The molecular formula is C16H15Br2NO3S. The Bertz CT molecular complexity index is 921. The zero-order chi connectivity index (χ0) is 16.6. The maximum absolute atomic E-state index is 10.8. The molecule has 0 fully saturated rings. The van der Waals surface area contributed by atoms with Gasteiger partial charge in [-0.3, -0.25) is 4.55 Å². The van der Waals surface area contributed by atoms with Crippen LogP contribution in [0.3, 0.4) is 0 Å². The molecule has 4 nitrogen and oxygen atoms in total. The topological polar surface area (TPSA) is 59.3 Å². The summed E-state index contributed by atoms with van der Waals surface area (Å²) in [5.41, 5.74) is 2.22. The van der Waals surface area contributed by atoms with E-state index in [0.29, 0.717) is 19.4 Å². The lowest BCUT2D eigenvalue weighted by Crippen LogP contribution is -2.05. The molecule has 23 heavy (non-hydrogen) atoms. The minimum absolute atomic E-state index is 0.197. The van der Waals surface area contributed by atoms with Gasteiger partial charge in [0.1, 0.15) is 0 Å².